The highest BCUT2D eigenvalue weighted by molar-refractivity contribution is 7.17. The van der Waals surface area contributed by atoms with Gasteiger partial charge in [0, 0.05) is 33.8 Å². The Labute approximate surface area is 121 Å². The minimum absolute atomic E-state index is 0.296. The maximum Gasteiger partial charge on any atom is 0.164 e. The maximum absolute atomic E-state index is 12.0. The van der Waals surface area contributed by atoms with Gasteiger partial charge in [0.15, 0.2) is 5.78 Å². The molecule has 20 heavy (non-hydrogen) atoms. The third-order valence-corrected chi connectivity index (χ3v) is 5.00. The molecule has 0 saturated carbocycles. The molecule has 0 radical (unpaired) electrons. The molecule has 3 heteroatoms. The number of aromatic nitrogens is 1. The summed E-state index contributed by atoms with van der Waals surface area (Å²) in [4.78, 5) is 12.0. The predicted octanol–water partition coefficient (Wildman–Crippen LogP) is 4.52. The number of rotatable bonds is 1. The van der Waals surface area contributed by atoms with Gasteiger partial charge in [-0.1, -0.05) is 0 Å². The molecule has 1 aliphatic carbocycles. The van der Waals surface area contributed by atoms with Gasteiger partial charge in [-0.2, -0.15) is 0 Å². The Bertz CT molecular complexity index is 825. The second kappa shape index (κ2) is 4.32. The first-order valence-electron chi connectivity index (χ1n) is 6.96. The Balaban J connectivity index is 1.95. The Kier molecular flexibility index (Phi) is 2.57. The summed E-state index contributed by atoms with van der Waals surface area (Å²) < 4.78 is 3.56. The van der Waals surface area contributed by atoms with E-state index in [1.54, 1.807) is 11.3 Å². The van der Waals surface area contributed by atoms with Crippen LogP contribution in [0, 0.1) is 6.92 Å². The topological polar surface area (TPSA) is 22.0 Å². The first-order valence-corrected chi connectivity index (χ1v) is 7.84. The molecule has 100 valence electrons. The minimum atomic E-state index is 0.296. The van der Waals surface area contributed by atoms with Crippen LogP contribution in [-0.2, 0) is 6.42 Å². The normalized spacial score (nSPS) is 14.8. The summed E-state index contributed by atoms with van der Waals surface area (Å²) in [5.41, 5.74) is 4.44. The van der Waals surface area contributed by atoms with Gasteiger partial charge in [0.1, 0.15) is 0 Å². The fourth-order valence-corrected chi connectivity index (χ4v) is 3.95. The zero-order chi connectivity index (χ0) is 13.7. The van der Waals surface area contributed by atoms with Crippen molar-refractivity contribution in [2.45, 2.75) is 26.2 Å². The molecule has 2 nitrogen and oxygen atoms in total. The van der Waals surface area contributed by atoms with Gasteiger partial charge >= 0.3 is 0 Å². The SMILES string of the molecule is Cc1cc2c(n1-c1ccc3sccc3c1)CCCC2=O. The van der Waals surface area contributed by atoms with E-state index in [1.165, 1.54) is 21.5 Å². The van der Waals surface area contributed by atoms with E-state index in [0.29, 0.717) is 12.2 Å². The summed E-state index contributed by atoms with van der Waals surface area (Å²) in [6, 6.07) is 10.8. The smallest absolute Gasteiger partial charge is 0.164 e. The van der Waals surface area contributed by atoms with E-state index >= 15 is 0 Å². The van der Waals surface area contributed by atoms with Crippen molar-refractivity contribution in [1.29, 1.82) is 0 Å². The predicted molar refractivity (Wildman–Crippen MR) is 83.2 cm³/mol. The van der Waals surface area contributed by atoms with E-state index in [9.17, 15) is 4.79 Å². The van der Waals surface area contributed by atoms with Crippen LogP contribution < -0.4 is 0 Å². The molecule has 0 spiro atoms. The summed E-state index contributed by atoms with van der Waals surface area (Å²) in [5, 5.41) is 3.40. The van der Waals surface area contributed by atoms with E-state index in [4.69, 9.17) is 0 Å². The number of benzene rings is 1. The molecule has 0 atom stereocenters. The van der Waals surface area contributed by atoms with Crippen molar-refractivity contribution in [3.05, 3.63) is 52.7 Å². The molecule has 0 fully saturated rings. The quantitative estimate of drug-likeness (QED) is 0.643. The minimum Gasteiger partial charge on any atom is -0.317 e. The standard InChI is InChI=1S/C17H15NOS/c1-11-9-14-15(3-2-4-16(14)19)18(11)13-5-6-17-12(10-13)7-8-20-17/h5-10H,2-4H2,1H3. The monoisotopic (exact) mass is 281 g/mol. The van der Waals surface area contributed by atoms with Crippen LogP contribution in [0.5, 0.6) is 0 Å². The van der Waals surface area contributed by atoms with Crippen molar-refractivity contribution >= 4 is 27.2 Å². The second-order valence-electron chi connectivity index (χ2n) is 5.40. The number of hydrogen-bond acceptors (Lipinski definition) is 2. The van der Waals surface area contributed by atoms with Gasteiger partial charge in [0.25, 0.3) is 0 Å². The van der Waals surface area contributed by atoms with Gasteiger partial charge < -0.3 is 4.57 Å². The van der Waals surface area contributed by atoms with E-state index in [0.717, 1.165) is 24.1 Å². The zero-order valence-electron chi connectivity index (χ0n) is 11.3. The number of fused-ring (bicyclic) bond motifs is 2. The average Bonchev–Trinajstić information content (AvgIpc) is 3.02. The van der Waals surface area contributed by atoms with E-state index in [2.05, 4.69) is 47.2 Å². The lowest BCUT2D eigenvalue weighted by atomic mass is 9.96. The molecule has 0 bridgehead atoms. The molecule has 4 rings (SSSR count). The third-order valence-electron chi connectivity index (χ3n) is 4.10. The molecule has 0 unspecified atom stereocenters. The van der Waals surface area contributed by atoms with Crippen LogP contribution in [-0.4, -0.2) is 10.4 Å². The number of ketones is 1. The third kappa shape index (κ3) is 1.66. The van der Waals surface area contributed by atoms with Gasteiger partial charge in [-0.15, -0.1) is 11.3 Å². The number of Topliss-reactive ketones (excluding diaryl/α,β-unsaturated/α-hetero) is 1. The molecule has 2 aromatic heterocycles. The molecule has 3 aromatic rings. The number of nitrogens with zero attached hydrogens (tertiary/aromatic N) is 1. The number of thiophene rings is 1. The van der Waals surface area contributed by atoms with E-state index in [1.807, 2.05) is 0 Å². The maximum atomic E-state index is 12.0. The lowest BCUT2D eigenvalue weighted by Crippen LogP contribution is -2.12. The molecule has 0 saturated heterocycles. The van der Waals surface area contributed by atoms with Crippen molar-refractivity contribution < 1.29 is 4.79 Å². The summed E-state index contributed by atoms with van der Waals surface area (Å²) in [6.07, 6.45) is 2.66. The molecule has 0 N–H and O–H groups in total. The molecule has 2 heterocycles. The highest BCUT2D eigenvalue weighted by atomic mass is 32.1. The van der Waals surface area contributed by atoms with Gasteiger partial charge in [0.05, 0.1) is 0 Å². The number of hydrogen-bond donors (Lipinski definition) is 0. The van der Waals surface area contributed by atoms with Crippen LogP contribution in [0.4, 0.5) is 0 Å². The molecule has 0 amide bonds. The Morgan fingerprint density at radius 1 is 1.15 bits per heavy atom. The summed E-state index contributed by atoms with van der Waals surface area (Å²) in [6.45, 7) is 2.09. The first kappa shape index (κ1) is 11.9. The fraction of sp³-hybridized carbons (Fsp3) is 0.235. The van der Waals surface area contributed by atoms with Crippen molar-refractivity contribution in [2.75, 3.05) is 0 Å². The molecule has 1 aromatic carbocycles. The average molecular weight is 281 g/mol. The Hall–Kier alpha value is -1.87. The fourth-order valence-electron chi connectivity index (χ4n) is 3.18. The van der Waals surface area contributed by atoms with Gasteiger partial charge in [-0.25, -0.2) is 0 Å². The van der Waals surface area contributed by atoms with Crippen molar-refractivity contribution in [3.63, 3.8) is 0 Å². The Morgan fingerprint density at radius 2 is 2.05 bits per heavy atom. The summed E-state index contributed by atoms with van der Waals surface area (Å²) in [7, 11) is 0. The van der Waals surface area contributed by atoms with Crippen LogP contribution in [0.1, 0.15) is 34.6 Å². The highest BCUT2D eigenvalue weighted by Crippen LogP contribution is 2.30. The molecular formula is C17H15NOS. The summed E-state index contributed by atoms with van der Waals surface area (Å²) in [5.74, 6) is 0.296. The van der Waals surface area contributed by atoms with Crippen LogP contribution in [0.2, 0.25) is 0 Å². The lowest BCUT2D eigenvalue weighted by molar-refractivity contribution is 0.0972. The number of carbonyl (C=O) groups is 1. The van der Waals surface area contributed by atoms with Crippen LogP contribution in [0.3, 0.4) is 0 Å². The van der Waals surface area contributed by atoms with Crippen molar-refractivity contribution in [1.82, 2.24) is 4.57 Å². The van der Waals surface area contributed by atoms with Crippen LogP contribution in [0.25, 0.3) is 15.8 Å². The largest absolute Gasteiger partial charge is 0.317 e. The molecule has 1 aliphatic rings. The van der Waals surface area contributed by atoms with Crippen molar-refractivity contribution in [3.8, 4) is 5.69 Å². The zero-order valence-corrected chi connectivity index (χ0v) is 12.2. The number of aryl methyl sites for hydroxylation is 1. The van der Waals surface area contributed by atoms with Gasteiger partial charge in [-0.3, -0.25) is 4.79 Å². The van der Waals surface area contributed by atoms with Gasteiger partial charge in [-0.05, 0) is 60.9 Å². The highest BCUT2D eigenvalue weighted by Gasteiger charge is 2.23. The van der Waals surface area contributed by atoms with Crippen LogP contribution >= 0.6 is 11.3 Å². The summed E-state index contributed by atoms with van der Waals surface area (Å²) >= 11 is 1.76. The first-order chi connectivity index (χ1) is 9.74. The second-order valence-corrected chi connectivity index (χ2v) is 6.35. The lowest BCUT2D eigenvalue weighted by Gasteiger charge is -2.16. The van der Waals surface area contributed by atoms with Crippen LogP contribution in [0.15, 0.2) is 35.7 Å². The Morgan fingerprint density at radius 3 is 2.95 bits per heavy atom. The number of carbonyl (C=O) groups excluding carboxylic acids is 1. The van der Waals surface area contributed by atoms with Gasteiger partial charge in [0.2, 0.25) is 0 Å². The van der Waals surface area contributed by atoms with E-state index < -0.39 is 0 Å². The molecular weight excluding hydrogens is 266 g/mol. The van der Waals surface area contributed by atoms with Crippen molar-refractivity contribution in [2.24, 2.45) is 0 Å². The van der Waals surface area contributed by atoms with E-state index in [-0.39, 0.29) is 0 Å². The molecule has 0 aliphatic heterocycles.